The van der Waals surface area contributed by atoms with Crippen molar-refractivity contribution in [2.45, 2.75) is 25.4 Å². The van der Waals surface area contributed by atoms with E-state index in [9.17, 15) is 22.8 Å². The zero-order valence-electron chi connectivity index (χ0n) is 14.7. The van der Waals surface area contributed by atoms with Gasteiger partial charge in [0.15, 0.2) is 0 Å². The van der Waals surface area contributed by atoms with Gasteiger partial charge in [0, 0.05) is 31.9 Å². The Morgan fingerprint density at radius 3 is 2.75 bits per heavy atom. The van der Waals surface area contributed by atoms with Crippen molar-refractivity contribution in [2.24, 2.45) is 5.92 Å². The number of aromatic amines is 1. The standard InChI is InChI=1S/C17H17F3N6O2/c18-17(19,20)8-11-3-6-24(7-4-11)15(28)12-9-21-26(10-12)16-22-14(27)13-2-1-5-25(13)23-16/h1-2,5,9-11H,3-4,6-8H2,(H,22,23,27). The van der Waals surface area contributed by atoms with Crippen molar-refractivity contribution in [3.8, 4) is 5.95 Å². The van der Waals surface area contributed by atoms with Crippen molar-refractivity contribution >= 4 is 11.4 Å². The number of rotatable bonds is 3. The van der Waals surface area contributed by atoms with Crippen LogP contribution in [0.2, 0.25) is 0 Å². The summed E-state index contributed by atoms with van der Waals surface area (Å²) >= 11 is 0. The van der Waals surface area contributed by atoms with Gasteiger partial charge in [-0.05, 0) is 30.9 Å². The van der Waals surface area contributed by atoms with Gasteiger partial charge in [0.25, 0.3) is 11.5 Å². The van der Waals surface area contributed by atoms with E-state index in [2.05, 4.69) is 15.2 Å². The summed E-state index contributed by atoms with van der Waals surface area (Å²) in [6.45, 7) is 0.546. The van der Waals surface area contributed by atoms with Crippen molar-refractivity contribution in [3.05, 3.63) is 46.6 Å². The Kier molecular flexibility index (Phi) is 4.44. The molecule has 11 heteroatoms. The van der Waals surface area contributed by atoms with Crippen LogP contribution in [0.5, 0.6) is 0 Å². The average molecular weight is 394 g/mol. The largest absolute Gasteiger partial charge is 0.389 e. The van der Waals surface area contributed by atoms with E-state index in [1.165, 1.54) is 26.5 Å². The Hall–Kier alpha value is -3.11. The fourth-order valence-corrected chi connectivity index (χ4v) is 3.43. The molecule has 0 aromatic carbocycles. The molecule has 0 radical (unpaired) electrons. The van der Waals surface area contributed by atoms with Crippen LogP contribution in [0.1, 0.15) is 29.6 Å². The van der Waals surface area contributed by atoms with E-state index < -0.39 is 18.5 Å². The number of nitrogens with zero attached hydrogens (tertiary/aromatic N) is 5. The first-order valence-corrected chi connectivity index (χ1v) is 8.79. The van der Waals surface area contributed by atoms with E-state index in [0.717, 1.165) is 0 Å². The zero-order valence-corrected chi connectivity index (χ0v) is 14.7. The molecule has 0 aliphatic carbocycles. The van der Waals surface area contributed by atoms with Gasteiger partial charge >= 0.3 is 6.18 Å². The number of halogens is 3. The number of carbonyl (C=O) groups is 1. The van der Waals surface area contributed by atoms with Crippen molar-refractivity contribution in [1.82, 2.24) is 29.3 Å². The lowest BCUT2D eigenvalue weighted by Gasteiger charge is -2.32. The van der Waals surface area contributed by atoms with E-state index >= 15 is 0 Å². The van der Waals surface area contributed by atoms with Gasteiger partial charge in [-0.25, -0.2) is 9.20 Å². The fourth-order valence-electron chi connectivity index (χ4n) is 3.43. The summed E-state index contributed by atoms with van der Waals surface area (Å²) in [5.41, 5.74) is 0.323. The van der Waals surface area contributed by atoms with Gasteiger partial charge in [-0.1, -0.05) is 0 Å². The SMILES string of the molecule is O=C(c1cnn(-c2nn3cccc3c(=O)[nH]2)c1)N1CCC(CC(F)(F)F)CC1. The molecule has 0 spiro atoms. The number of aromatic nitrogens is 5. The van der Waals surface area contributed by atoms with Crippen LogP contribution in [0.25, 0.3) is 11.5 Å². The first-order valence-electron chi connectivity index (χ1n) is 8.79. The molecule has 0 atom stereocenters. The molecule has 1 amide bonds. The van der Waals surface area contributed by atoms with E-state index in [4.69, 9.17) is 0 Å². The smallest absolute Gasteiger partial charge is 0.339 e. The zero-order chi connectivity index (χ0) is 19.9. The van der Waals surface area contributed by atoms with E-state index in [1.54, 1.807) is 18.3 Å². The molecule has 148 valence electrons. The lowest BCUT2D eigenvalue weighted by Crippen LogP contribution is -2.39. The minimum Gasteiger partial charge on any atom is -0.339 e. The van der Waals surface area contributed by atoms with Crippen molar-refractivity contribution < 1.29 is 18.0 Å². The number of hydrogen-bond donors (Lipinski definition) is 1. The molecule has 28 heavy (non-hydrogen) atoms. The number of amides is 1. The summed E-state index contributed by atoms with van der Waals surface area (Å²) in [4.78, 5) is 28.8. The van der Waals surface area contributed by atoms with Crippen molar-refractivity contribution in [2.75, 3.05) is 13.1 Å². The highest BCUT2D eigenvalue weighted by Crippen LogP contribution is 2.31. The van der Waals surface area contributed by atoms with Gasteiger partial charge < -0.3 is 4.90 Å². The number of fused-ring (bicyclic) bond motifs is 1. The lowest BCUT2D eigenvalue weighted by molar-refractivity contribution is -0.147. The van der Waals surface area contributed by atoms with Gasteiger partial charge in [-0.2, -0.15) is 18.3 Å². The number of likely N-dealkylation sites (tertiary alicyclic amines) is 1. The Bertz CT molecular complexity index is 1060. The van der Waals surface area contributed by atoms with Crippen LogP contribution in [-0.2, 0) is 0 Å². The van der Waals surface area contributed by atoms with Crippen molar-refractivity contribution in [1.29, 1.82) is 0 Å². The number of carbonyl (C=O) groups excluding carboxylic acids is 1. The van der Waals surface area contributed by atoms with Crippen molar-refractivity contribution in [3.63, 3.8) is 0 Å². The van der Waals surface area contributed by atoms with Crippen LogP contribution < -0.4 is 5.56 Å². The maximum absolute atomic E-state index is 12.6. The summed E-state index contributed by atoms with van der Waals surface area (Å²) in [5, 5.41) is 8.30. The predicted octanol–water partition coefficient (Wildman–Crippen LogP) is 2.01. The molecule has 0 unspecified atom stereocenters. The molecule has 1 saturated heterocycles. The van der Waals surface area contributed by atoms with E-state index in [-0.39, 0.29) is 36.1 Å². The molecule has 1 aliphatic heterocycles. The first-order chi connectivity index (χ1) is 13.3. The third kappa shape index (κ3) is 3.64. The van der Waals surface area contributed by atoms with Gasteiger partial charge in [-0.15, -0.1) is 5.10 Å². The molecule has 3 aromatic heterocycles. The monoisotopic (exact) mass is 394 g/mol. The first kappa shape index (κ1) is 18.3. The molecule has 1 N–H and O–H groups in total. The maximum Gasteiger partial charge on any atom is 0.389 e. The molecule has 1 aliphatic rings. The molecular weight excluding hydrogens is 377 g/mol. The lowest BCUT2D eigenvalue weighted by atomic mass is 9.93. The predicted molar refractivity (Wildman–Crippen MR) is 92.2 cm³/mol. The molecular formula is C17H17F3N6O2. The third-order valence-corrected chi connectivity index (χ3v) is 4.86. The number of alkyl halides is 3. The number of nitrogens with one attached hydrogen (secondary N) is 1. The minimum atomic E-state index is -4.18. The van der Waals surface area contributed by atoms with E-state index in [0.29, 0.717) is 18.4 Å². The third-order valence-electron chi connectivity index (χ3n) is 4.86. The number of hydrogen-bond acceptors (Lipinski definition) is 4. The van der Waals surface area contributed by atoms with Crippen LogP contribution in [0.15, 0.2) is 35.5 Å². The summed E-state index contributed by atoms with van der Waals surface area (Å²) in [6.07, 6.45) is 0.0597. The minimum absolute atomic E-state index is 0.150. The average Bonchev–Trinajstić information content (AvgIpc) is 3.30. The summed E-state index contributed by atoms with van der Waals surface area (Å²) in [7, 11) is 0. The van der Waals surface area contributed by atoms with Gasteiger partial charge in [0.2, 0.25) is 5.95 Å². The number of H-pyrrole nitrogens is 1. The summed E-state index contributed by atoms with van der Waals surface area (Å²) in [5.74, 6) is -0.605. The highest BCUT2D eigenvalue weighted by atomic mass is 19.4. The Labute approximate surface area is 156 Å². The van der Waals surface area contributed by atoms with Crippen LogP contribution >= 0.6 is 0 Å². The molecule has 1 fully saturated rings. The van der Waals surface area contributed by atoms with E-state index in [1.807, 2.05) is 0 Å². The Balaban J connectivity index is 1.47. The second-order valence-electron chi connectivity index (χ2n) is 6.84. The summed E-state index contributed by atoms with van der Waals surface area (Å²) < 4.78 is 40.2. The van der Waals surface area contributed by atoms with Gasteiger partial charge in [0.05, 0.1) is 11.8 Å². The summed E-state index contributed by atoms with van der Waals surface area (Å²) in [6, 6.07) is 3.30. The van der Waals surface area contributed by atoms with Crippen LogP contribution in [-0.4, -0.2) is 54.5 Å². The van der Waals surface area contributed by atoms with Gasteiger partial charge in [0.1, 0.15) is 5.52 Å². The normalized spacial score (nSPS) is 16.0. The molecule has 0 bridgehead atoms. The highest BCUT2D eigenvalue weighted by molar-refractivity contribution is 5.93. The second kappa shape index (κ2) is 6.80. The Morgan fingerprint density at radius 2 is 2.04 bits per heavy atom. The van der Waals surface area contributed by atoms with Crippen LogP contribution in [0, 0.1) is 5.92 Å². The molecule has 8 nitrogen and oxygen atoms in total. The molecule has 0 saturated carbocycles. The quantitative estimate of drug-likeness (QED) is 0.736. The van der Waals surface area contributed by atoms with Crippen LogP contribution in [0.4, 0.5) is 13.2 Å². The topological polar surface area (TPSA) is 88.3 Å². The molecule has 3 aromatic rings. The van der Waals surface area contributed by atoms with Crippen LogP contribution in [0.3, 0.4) is 0 Å². The second-order valence-corrected chi connectivity index (χ2v) is 6.84. The van der Waals surface area contributed by atoms with Gasteiger partial charge in [-0.3, -0.25) is 14.6 Å². The maximum atomic E-state index is 12.6. The number of piperidine rings is 1. The molecule has 4 rings (SSSR count). The molecule has 4 heterocycles. The highest BCUT2D eigenvalue weighted by Gasteiger charge is 2.34. The fraction of sp³-hybridized carbons (Fsp3) is 0.412. The Morgan fingerprint density at radius 1 is 1.29 bits per heavy atom.